The number of methoxy groups -OCH3 is 1. The monoisotopic (exact) mass is 331 g/mol. The highest BCUT2D eigenvalue weighted by atomic mass is 16.5. The highest BCUT2D eigenvalue weighted by Gasteiger charge is 2.40. The molecule has 1 aliphatic carbocycles. The van der Waals surface area contributed by atoms with E-state index in [1.807, 2.05) is 0 Å². The molecule has 4 nitrogen and oxygen atoms in total. The van der Waals surface area contributed by atoms with Crippen molar-refractivity contribution in [1.29, 1.82) is 0 Å². The topological polar surface area (TPSA) is 47.6 Å². The van der Waals surface area contributed by atoms with Crippen LogP contribution in [0.15, 0.2) is 24.3 Å². The van der Waals surface area contributed by atoms with Crippen LogP contribution in [-0.4, -0.2) is 38.4 Å². The molecule has 0 bridgehead atoms. The molecule has 1 aromatic carbocycles. The van der Waals surface area contributed by atoms with Crippen molar-refractivity contribution in [3.8, 4) is 0 Å². The van der Waals surface area contributed by atoms with Crippen LogP contribution >= 0.6 is 0 Å². The first-order chi connectivity index (χ1) is 11.6. The summed E-state index contributed by atoms with van der Waals surface area (Å²) in [6.45, 7) is 4.35. The Morgan fingerprint density at radius 3 is 2.50 bits per heavy atom. The van der Waals surface area contributed by atoms with Crippen LogP contribution in [0, 0.1) is 6.92 Å². The Morgan fingerprint density at radius 2 is 1.92 bits per heavy atom. The lowest BCUT2D eigenvalue weighted by molar-refractivity contribution is -0.134. The molecule has 0 unspecified atom stereocenters. The van der Waals surface area contributed by atoms with Crippen LogP contribution in [-0.2, 0) is 19.7 Å². The summed E-state index contributed by atoms with van der Waals surface area (Å²) < 4.78 is 11.2. The molecule has 1 amide bonds. The van der Waals surface area contributed by atoms with E-state index >= 15 is 0 Å². The van der Waals surface area contributed by atoms with Crippen LogP contribution in [0.1, 0.15) is 49.7 Å². The SMILES string of the molecule is COC1(CC(=O)NCC2(c3ccccc3C)CCOCC2)CCC1. The van der Waals surface area contributed by atoms with Gasteiger partial charge in [-0.2, -0.15) is 0 Å². The zero-order valence-electron chi connectivity index (χ0n) is 14.9. The van der Waals surface area contributed by atoms with Gasteiger partial charge in [0.15, 0.2) is 0 Å². The number of carbonyl (C=O) groups excluding carboxylic acids is 1. The highest BCUT2D eigenvalue weighted by Crippen LogP contribution is 2.39. The van der Waals surface area contributed by atoms with Crippen LogP contribution in [0.25, 0.3) is 0 Å². The Balaban J connectivity index is 1.69. The fourth-order valence-electron chi connectivity index (χ4n) is 4.12. The van der Waals surface area contributed by atoms with Gasteiger partial charge >= 0.3 is 0 Å². The highest BCUT2D eigenvalue weighted by molar-refractivity contribution is 5.77. The van der Waals surface area contributed by atoms with Gasteiger partial charge in [0.1, 0.15) is 0 Å². The summed E-state index contributed by atoms with van der Waals surface area (Å²) in [5, 5.41) is 3.20. The van der Waals surface area contributed by atoms with Gasteiger partial charge < -0.3 is 14.8 Å². The van der Waals surface area contributed by atoms with E-state index < -0.39 is 0 Å². The minimum absolute atomic E-state index is 0.0148. The van der Waals surface area contributed by atoms with Gasteiger partial charge in [-0.05, 0) is 50.2 Å². The molecule has 1 aliphatic heterocycles. The zero-order chi connectivity index (χ0) is 17.0. The van der Waals surface area contributed by atoms with E-state index in [2.05, 4.69) is 36.5 Å². The zero-order valence-corrected chi connectivity index (χ0v) is 14.9. The van der Waals surface area contributed by atoms with Gasteiger partial charge in [0.2, 0.25) is 5.91 Å². The molecule has 0 radical (unpaired) electrons. The summed E-state index contributed by atoms with van der Waals surface area (Å²) in [6, 6.07) is 8.52. The molecule has 1 aromatic rings. The molecule has 4 heteroatoms. The molecular formula is C20H29NO3. The van der Waals surface area contributed by atoms with Crippen LogP contribution in [0.5, 0.6) is 0 Å². The van der Waals surface area contributed by atoms with E-state index in [9.17, 15) is 4.79 Å². The molecule has 0 atom stereocenters. The minimum Gasteiger partial charge on any atom is -0.381 e. The first-order valence-electron chi connectivity index (χ1n) is 9.05. The predicted octanol–water partition coefficient (Wildman–Crippen LogP) is 3.12. The molecule has 0 spiro atoms. The number of hydrogen-bond donors (Lipinski definition) is 1. The molecular weight excluding hydrogens is 302 g/mol. The Bertz CT molecular complexity index is 568. The fraction of sp³-hybridized carbons (Fsp3) is 0.650. The van der Waals surface area contributed by atoms with Gasteiger partial charge in [0.05, 0.1) is 12.0 Å². The Hall–Kier alpha value is -1.39. The number of hydrogen-bond acceptors (Lipinski definition) is 3. The molecule has 1 heterocycles. The van der Waals surface area contributed by atoms with Crippen LogP contribution in [0.4, 0.5) is 0 Å². The molecule has 0 aromatic heterocycles. The van der Waals surface area contributed by atoms with Crippen molar-refractivity contribution in [3.05, 3.63) is 35.4 Å². The maximum absolute atomic E-state index is 12.5. The van der Waals surface area contributed by atoms with Gasteiger partial charge in [-0.15, -0.1) is 0 Å². The molecule has 1 saturated carbocycles. The molecule has 1 saturated heterocycles. The number of amides is 1. The lowest BCUT2D eigenvalue weighted by atomic mass is 9.72. The molecule has 2 aliphatic rings. The number of carbonyl (C=O) groups is 1. The van der Waals surface area contributed by atoms with Crippen LogP contribution < -0.4 is 5.32 Å². The van der Waals surface area contributed by atoms with Crippen molar-refractivity contribution in [2.24, 2.45) is 0 Å². The smallest absolute Gasteiger partial charge is 0.222 e. The van der Waals surface area contributed by atoms with E-state index in [0.717, 1.165) is 45.3 Å². The van der Waals surface area contributed by atoms with Crippen molar-refractivity contribution in [2.75, 3.05) is 26.9 Å². The van der Waals surface area contributed by atoms with Crippen molar-refractivity contribution in [2.45, 2.75) is 56.5 Å². The summed E-state index contributed by atoms with van der Waals surface area (Å²) in [5.41, 5.74) is 2.41. The first-order valence-corrected chi connectivity index (χ1v) is 9.05. The lowest BCUT2D eigenvalue weighted by Crippen LogP contribution is -2.48. The fourth-order valence-corrected chi connectivity index (χ4v) is 4.12. The Morgan fingerprint density at radius 1 is 1.21 bits per heavy atom. The molecule has 1 N–H and O–H groups in total. The van der Waals surface area contributed by atoms with E-state index in [1.54, 1.807) is 7.11 Å². The van der Waals surface area contributed by atoms with Crippen molar-refractivity contribution < 1.29 is 14.3 Å². The first kappa shape index (κ1) is 17.4. The summed E-state index contributed by atoms with van der Waals surface area (Å²) in [4.78, 5) is 12.5. The molecule has 2 fully saturated rings. The summed E-state index contributed by atoms with van der Waals surface area (Å²) in [5.74, 6) is 0.107. The van der Waals surface area contributed by atoms with E-state index in [-0.39, 0.29) is 16.9 Å². The third-order valence-electron chi connectivity index (χ3n) is 5.97. The number of benzene rings is 1. The summed E-state index contributed by atoms with van der Waals surface area (Å²) in [7, 11) is 1.72. The third kappa shape index (κ3) is 3.50. The maximum atomic E-state index is 12.5. The normalized spacial score (nSPS) is 21.8. The molecule has 132 valence electrons. The average Bonchev–Trinajstić information content (AvgIpc) is 2.57. The quantitative estimate of drug-likeness (QED) is 0.871. The van der Waals surface area contributed by atoms with Gasteiger partial charge in [-0.3, -0.25) is 4.79 Å². The molecule has 24 heavy (non-hydrogen) atoms. The average molecular weight is 331 g/mol. The lowest BCUT2D eigenvalue weighted by Gasteiger charge is -2.41. The number of rotatable bonds is 6. The summed E-state index contributed by atoms with van der Waals surface area (Å²) >= 11 is 0. The second-order valence-corrected chi connectivity index (χ2v) is 7.40. The number of nitrogens with one attached hydrogen (secondary N) is 1. The summed E-state index contributed by atoms with van der Waals surface area (Å²) in [6.07, 6.45) is 5.53. The number of aryl methyl sites for hydroxylation is 1. The van der Waals surface area contributed by atoms with E-state index in [1.165, 1.54) is 11.1 Å². The van der Waals surface area contributed by atoms with E-state index in [0.29, 0.717) is 13.0 Å². The number of ether oxygens (including phenoxy) is 2. The Kier molecular flexibility index (Phi) is 5.26. The van der Waals surface area contributed by atoms with Crippen molar-refractivity contribution in [3.63, 3.8) is 0 Å². The van der Waals surface area contributed by atoms with Gasteiger partial charge in [-0.25, -0.2) is 0 Å². The van der Waals surface area contributed by atoms with E-state index in [4.69, 9.17) is 9.47 Å². The second kappa shape index (κ2) is 7.24. The van der Waals surface area contributed by atoms with Gasteiger partial charge in [0.25, 0.3) is 0 Å². The van der Waals surface area contributed by atoms with Crippen molar-refractivity contribution >= 4 is 5.91 Å². The standard InChI is InChI=1S/C20H29NO3/c1-16-6-3-4-7-17(16)19(10-12-24-13-11-19)15-21-18(22)14-20(23-2)8-5-9-20/h3-4,6-7H,5,8-15H2,1-2H3,(H,21,22). The Labute approximate surface area is 144 Å². The van der Waals surface area contributed by atoms with Crippen molar-refractivity contribution in [1.82, 2.24) is 5.32 Å². The van der Waals surface area contributed by atoms with Crippen LogP contribution in [0.3, 0.4) is 0 Å². The second-order valence-electron chi connectivity index (χ2n) is 7.40. The largest absolute Gasteiger partial charge is 0.381 e. The molecule has 3 rings (SSSR count). The van der Waals surface area contributed by atoms with Gasteiger partial charge in [-0.1, -0.05) is 24.3 Å². The predicted molar refractivity (Wildman–Crippen MR) is 94.1 cm³/mol. The minimum atomic E-state index is -0.213. The van der Waals surface area contributed by atoms with Gasteiger partial charge in [0, 0.05) is 32.3 Å². The maximum Gasteiger partial charge on any atom is 0.222 e. The third-order valence-corrected chi connectivity index (χ3v) is 5.97. The van der Waals surface area contributed by atoms with Crippen LogP contribution in [0.2, 0.25) is 0 Å².